The normalized spacial score (nSPS) is 31.6. The standard InChI is InChI=1S/C26H34O5/c1-5-24(2,3)23(28)31-26-15-19-12-20(16-26)14-25(13-19,17-26)30-22(27)11-8-18-6-9-21(29-4)10-7-18/h6-11,19-20H,5,12-17H2,1-4H3/b11-8+. The number of esters is 2. The minimum atomic E-state index is -0.512. The summed E-state index contributed by atoms with van der Waals surface area (Å²) in [4.78, 5) is 25.6. The van der Waals surface area contributed by atoms with Crippen LogP contribution in [0.3, 0.4) is 0 Å². The molecular weight excluding hydrogens is 392 g/mol. The molecule has 0 spiro atoms. The van der Waals surface area contributed by atoms with Crippen LogP contribution in [0.25, 0.3) is 6.08 Å². The molecule has 5 nitrogen and oxygen atoms in total. The van der Waals surface area contributed by atoms with Gasteiger partial charge in [-0.25, -0.2) is 4.79 Å². The van der Waals surface area contributed by atoms with Gasteiger partial charge in [0, 0.05) is 12.5 Å². The molecule has 31 heavy (non-hydrogen) atoms. The Morgan fingerprint density at radius 1 is 1.03 bits per heavy atom. The third-order valence-corrected chi connectivity index (χ3v) is 7.54. The van der Waals surface area contributed by atoms with E-state index in [9.17, 15) is 9.59 Å². The van der Waals surface area contributed by atoms with Gasteiger partial charge in [0.05, 0.1) is 12.5 Å². The maximum Gasteiger partial charge on any atom is 0.331 e. The van der Waals surface area contributed by atoms with Gasteiger partial charge in [-0.1, -0.05) is 19.1 Å². The topological polar surface area (TPSA) is 61.8 Å². The average molecular weight is 427 g/mol. The summed E-state index contributed by atoms with van der Waals surface area (Å²) in [5, 5.41) is 0. The Hall–Kier alpha value is -2.30. The monoisotopic (exact) mass is 426 g/mol. The molecule has 0 heterocycles. The maximum atomic E-state index is 12.9. The minimum Gasteiger partial charge on any atom is -0.497 e. The first-order valence-corrected chi connectivity index (χ1v) is 11.5. The molecule has 0 saturated heterocycles. The van der Waals surface area contributed by atoms with E-state index in [0.29, 0.717) is 18.3 Å². The number of methoxy groups -OCH3 is 1. The number of benzene rings is 1. The second-order valence-corrected chi connectivity index (χ2v) is 10.5. The van der Waals surface area contributed by atoms with Gasteiger partial charge in [-0.05, 0) is 88.0 Å². The highest BCUT2D eigenvalue weighted by atomic mass is 16.6. The summed E-state index contributed by atoms with van der Waals surface area (Å²) in [7, 11) is 1.63. The van der Waals surface area contributed by atoms with Crippen LogP contribution in [0.2, 0.25) is 0 Å². The van der Waals surface area contributed by atoms with Gasteiger partial charge in [-0.2, -0.15) is 0 Å². The fraction of sp³-hybridized carbons (Fsp3) is 0.615. The summed E-state index contributed by atoms with van der Waals surface area (Å²) in [6, 6.07) is 7.52. The maximum absolute atomic E-state index is 12.9. The molecule has 4 aliphatic rings. The van der Waals surface area contributed by atoms with Gasteiger partial charge in [0.2, 0.25) is 0 Å². The summed E-state index contributed by atoms with van der Waals surface area (Å²) < 4.78 is 17.5. The Bertz CT molecular complexity index is 852. The van der Waals surface area contributed by atoms with Crippen molar-refractivity contribution in [1.29, 1.82) is 0 Å². The van der Waals surface area contributed by atoms with E-state index in [1.54, 1.807) is 13.2 Å². The van der Waals surface area contributed by atoms with Crippen molar-refractivity contribution in [1.82, 2.24) is 0 Å². The van der Waals surface area contributed by atoms with Crippen molar-refractivity contribution in [3.05, 3.63) is 35.9 Å². The van der Waals surface area contributed by atoms with E-state index in [0.717, 1.165) is 49.8 Å². The van der Waals surface area contributed by atoms with Crippen LogP contribution in [0, 0.1) is 17.3 Å². The van der Waals surface area contributed by atoms with E-state index in [1.807, 2.05) is 45.0 Å². The SMILES string of the molecule is CCC(C)(C)C(=O)OC12CC3CC(CC(OC(=O)/C=C/c4ccc(OC)cc4)(C3)C1)C2. The predicted molar refractivity (Wildman–Crippen MR) is 118 cm³/mol. The second-order valence-electron chi connectivity index (χ2n) is 10.5. The lowest BCUT2D eigenvalue weighted by Gasteiger charge is -2.60. The largest absolute Gasteiger partial charge is 0.497 e. The zero-order chi connectivity index (χ0) is 22.3. The van der Waals surface area contributed by atoms with Crippen LogP contribution in [0.1, 0.15) is 71.3 Å². The van der Waals surface area contributed by atoms with Gasteiger partial charge in [0.25, 0.3) is 0 Å². The van der Waals surface area contributed by atoms with E-state index in [4.69, 9.17) is 14.2 Å². The molecule has 5 heteroatoms. The molecule has 168 valence electrons. The lowest BCUT2D eigenvalue weighted by molar-refractivity contribution is -0.233. The van der Waals surface area contributed by atoms with E-state index >= 15 is 0 Å². The first-order chi connectivity index (χ1) is 14.7. The van der Waals surface area contributed by atoms with Gasteiger partial charge in [0.15, 0.2) is 0 Å². The van der Waals surface area contributed by atoms with Crippen molar-refractivity contribution < 1.29 is 23.8 Å². The van der Waals surface area contributed by atoms with E-state index in [2.05, 4.69) is 0 Å². The molecule has 0 aliphatic heterocycles. The molecule has 1 aromatic rings. The Labute approximate surface area is 185 Å². The van der Waals surface area contributed by atoms with Crippen LogP contribution in [0.15, 0.2) is 30.3 Å². The number of hydrogen-bond donors (Lipinski definition) is 0. The van der Waals surface area contributed by atoms with Crippen molar-refractivity contribution in [2.24, 2.45) is 17.3 Å². The molecule has 0 radical (unpaired) electrons. The predicted octanol–water partition coefficient (Wildman–Crippen LogP) is 5.32. The van der Waals surface area contributed by atoms with Crippen molar-refractivity contribution in [2.75, 3.05) is 7.11 Å². The Balaban J connectivity index is 1.46. The van der Waals surface area contributed by atoms with Crippen LogP contribution in [0.5, 0.6) is 5.75 Å². The van der Waals surface area contributed by atoms with Gasteiger partial charge in [0.1, 0.15) is 17.0 Å². The molecule has 4 bridgehead atoms. The van der Waals surface area contributed by atoms with Crippen LogP contribution >= 0.6 is 0 Å². The number of rotatable bonds is 7. The lowest BCUT2D eigenvalue weighted by Crippen LogP contribution is -2.62. The van der Waals surface area contributed by atoms with E-state index < -0.39 is 16.6 Å². The smallest absolute Gasteiger partial charge is 0.331 e. The zero-order valence-electron chi connectivity index (χ0n) is 19.1. The fourth-order valence-corrected chi connectivity index (χ4v) is 5.94. The molecule has 2 unspecified atom stereocenters. The van der Waals surface area contributed by atoms with Crippen LogP contribution in [-0.2, 0) is 19.1 Å². The van der Waals surface area contributed by atoms with Gasteiger partial charge >= 0.3 is 11.9 Å². The van der Waals surface area contributed by atoms with E-state index in [-0.39, 0.29) is 11.9 Å². The van der Waals surface area contributed by atoms with E-state index in [1.165, 1.54) is 6.08 Å². The first kappa shape index (κ1) is 21.9. The number of carbonyl (C=O) groups excluding carboxylic acids is 2. The molecule has 0 amide bonds. The number of hydrogen-bond acceptors (Lipinski definition) is 5. The molecule has 1 aromatic carbocycles. The van der Waals surface area contributed by atoms with Gasteiger partial charge in [-0.15, -0.1) is 0 Å². The summed E-state index contributed by atoms with van der Waals surface area (Å²) >= 11 is 0. The van der Waals surface area contributed by atoms with Crippen LogP contribution in [-0.4, -0.2) is 30.3 Å². The minimum absolute atomic E-state index is 0.127. The zero-order valence-corrected chi connectivity index (χ0v) is 19.1. The summed E-state index contributed by atoms with van der Waals surface area (Å²) in [6.07, 6.45) is 9.33. The summed E-state index contributed by atoms with van der Waals surface area (Å²) in [5.74, 6) is 1.24. The van der Waals surface area contributed by atoms with Crippen molar-refractivity contribution >= 4 is 18.0 Å². The van der Waals surface area contributed by atoms with Crippen molar-refractivity contribution in [3.8, 4) is 5.75 Å². The van der Waals surface area contributed by atoms with Crippen molar-refractivity contribution in [2.45, 2.75) is 76.9 Å². The average Bonchev–Trinajstić information content (AvgIpc) is 2.71. The molecule has 0 aromatic heterocycles. The first-order valence-electron chi connectivity index (χ1n) is 11.5. The van der Waals surface area contributed by atoms with Crippen molar-refractivity contribution in [3.63, 3.8) is 0 Å². The number of ether oxygens (including phenoxy) is 3. The summed E-state index contributed by atoms with van der Waals surface area (Å²) in [5.41, 5.74) is -0.570. The Kier molecular flexibility index (Phi) is 5.65. The molecule has 0 N–H and O–H groups in total. The molecular formula is C26H34O5. The molecule has 2 atom stereocenters. The second kappa shape index (κ2) is 7.99. The van der Waals surface area contributed by atoms with Gasteiger partial charge < -0.3 is 14.2 Å². The fourth-order valence-electron chi connectivity index (χ4n) is 5.94. The molecule has 4 aliphatic carbocycles. The van der Waals surface area contributed by atoms with Gasteiger partial charge in [-0.3, -0.25) is 4.79 Å². The highest BCUT2D eigenvalue weighted by molar-refractivity contribution is 5.87. The number of carbonyl (C=O) groups is 2. The Morgan fingerprint density at radius 3 is 2.16 bits per heavy atom. The Morgan fingerprint density at radius 2 is 1.61 bits per heavy atom. The lowest BCUT2D eigenvalue weighted by atomic mass is 9.52. The molecule has 4 fully saturated rings. The van der Waals surface area contributed by atoms with Crippen LogP contribution in [0.4, 0.5) is 0 Å². The highest BCUT2D eigenvalue weighted by Crippen LogP contribution is 2.60. The highest BCUT2D eigenvalue weighted by Gasteiger charge is 2.61. The summed E-state index contributed by atoms with van der Waals surface area (Å²) in [6.45, 7) is 5.89. The molecule has 4 saturated carbocycles. The van der Waals surface area contributed by atoms with Crippen LogP contribution < -0.4 is 4.74 Å². The third-order valence-electron chi connectivity index (χ3n) is 7.54. The quantitative estimate of drug-likeness (QED) is 0.436. The molecule has 5 rings (SSSR count). The third kappa shape index (κ3) is 4.51.